The van der Waals surface area contributed by atoms with Gasteiger partial charge in [-0.3, -0.25) is 9.59 Å². The first kappa shape index (κ1) is 17.8. The molecule has 0 spiro atoms. The summed E-state index contributed by atoms with van der Waals surface area (Å²) in [5.41, 5.74) is 7.07. The van der Waals surface area contributed by atoms with Crippen molar-refractivity contribution >= 4 is 29.9 Å². The molecule has 3 rings (SSSR count). The lowest BCUT2D eigenvalue weighted by atomic mass is 10.1. The van der Waals surface area contributed by atoms with Crippen LogP contribution in [0.4, 0.5) is 5.69 Å². The molecule has 1 aromatic rings. The summed E-state index contributed by atoms with van der Waals surface area (Å²) in [6.45, 7) is 1.81. The van der Waals surface area contributed by atoms with Crippen LogP contribution in [0.25, 0.3) is 0 Å². The molecule has 23 heavy (non-hydrogen) atoms. The molecular weight excluding hydrogens is 314 g/mol. The topological polar surface area (TPSA) is 75.4 Å². The lowest BCUT2D eigenvalue weighted by molar-refractivity contribution is -0.130. The number of halogens is 1. The van der Waals surface area contributed by atoms with Crippen molar-refractivity contribution in [2.45, 2.75) is 44.1 Å². The van der Waals surface area contributed by atoms with E-state index >= 15 is 0 Å². The second kappa shape index (κ2) is 7.32. The van der Waals surface area contributed by atoms with Crippen LogP contribution in [0.2, 0.25) is 0 Å². The average Bonchev–Trinajstić information content (AvgIpc) is 3.05. The quantitative estimate of drug-likeness (QED) is 0.864. The molecule has 1 aliphatic heterocycles. The Hall–Kier alpha value is -1.59. The van der Waals surface area contributed by atoms with Crippen LogP contribution in [0.3, 0.4) is 0 Å². The van der Waals surface area contributed by atoms with Crippen molar-refractivity contribution in [1.29, 1.82) is 0 Å². The fraction of sp³-hybridized carbons (Fsp3) is 0.529. The van der Waals surface area contributed by atoms with Crippen molar-refractivity contribution in [3.63, 3.8) is 0 Å². The molecule has 1 saturated heterocycles. The summed E-state index contributed by atoms with van der Waals surface area (Å²) in [6, 6.07) is 7.67. The van der Waals surface area contributed by atoms with Crippen LogP contribution < -0.4 is 11.1 Å². The molecule has 1 saturated carbocycles. The number of likely N-dealkylation sites (tertiary alicyclic amines) is 1. The van der Waals surface area contributed by atoms with Gasteiger partial charge in [-0.15, -0.1) is 12.4 Å². The first-order valence-electron chi connectivity index (χ1n) is 8.04. The van der Waals surface area contributed by atoms with Gasteiger partial charge in [0.25, 0.3) is 0 Å². The molecule has 6 heteroatoms. The molecular formula is C17H24ClN3O2. The minimum Gasteiger partial charge on any atom is -0.343 e. The lowest BCUT2D eigenvalue weighted by Crippen LogP contribution is -2.37. The van der Waals surface area contributed by atoms with Crippen LogP contribution in [0.5, 0.6) is 0 Å². The number of hydrogen-bond acceptors (Lipinski definition) is 3. The highest BCUT2D eigenvalue weighted by Crippen LogP contribution is 2.33. The maximum atomic E-state index is 12.0. The van der Waals surface area contributed by atoms with Gasteiger partial charge >= 0.3 is 0 Å². The summed E-state index contributed by atoms with van der Waals surface area (Å²) in [4.78, 5) is 25.8. The number of benzene rings is 1. The number of anilines is 1. The molecule has 0 atom stereocenters. The summed E-state index contributed by atoms with van der Waals surface area (Å²) in [6.07, 6.45) is 5.07. The summed E-state index contributed by atoms with van der Waals surface area (Å²) in [7, 11) is 0. The lowest BCUT2D eigenvalue weighted by Gasteiger charge is -2.15. The number of nitrogens with two attached hydrogens (primary N) is 1. The second-order valence-electron chi connectivity index (χ2n) is 6.40. The molecule has 2 amide bonds. The van der Waals surface area contributed by atoms with Gasteiger partial charge in [-0.2, -0.15) is 0 Å². The predicted octanol–water partition coefficient (Wildman–Crippen LogP) is 2.09. The Labute approximate surface area is 143 Å². The average molecular weight is 338 g/mol. The molecule has 2 aliphatic rings. The number of rotatable bonds is 5. The third kappa shape index (κ3) is 4.45. The van der Waals surface area contributed by atoms with Gasteiger partial charge in [-0.25, -0.2) is 0 Å². The smallest absolute Gasteiger partial charge is 0.244 e. The van der Waals surface area contributed by atoms with Crippen molar-refractivity contribution in [2.24, 2.45) is 5.73 Å². The van der Waals surface area contributed by atoms with Crippen molar-refractivity contribution in [3.8, 4) is 0 Å². The second-order valence-corrected chi connectivity index (χ2v) is 6.40. The number of amides is 2. The highest BCUT2D eigenvalue weighted by Gasteiger charge is 2.45. The van der Waals surface area contributed by atoms with Crippen molar-refractivity contribution in [1.82, 2.24) is 4.90 Å². The fourth-order valence-electron chi connectivity index (χ4n) is 2.75. The summed E-state index contributed by atoms with van der Waals surface area (Å²) in [5.74, 6) is 0.137. The number of nitrogens with one attached hydrogen (secondary N) is 1. The van der Waals surface area contributed by atoms with E-state index in [-0.39, 0.29) is 24.2 Å². The van der Waals surface area contributed by atoms with E-state index in [9.17, 15) is 9.59 Å². The van der Waals surface area contributed by atoms with E-state index in [0.29, 0.717) is 6.42 Å². The standard InChI is InChI=1S/C17H23N3O2.ClH/c18-17(9-10-17)16(22)19-14-6-3-13(4-7-14)5-8-15(21)20-11-1-2-12-20;/h3-4,6-7H,1-2,5,8-12,18H2,(H,19,22);1H. The van der Waals surface area contributed by atoms with Gasteiger partial charge in [0.05, 0.1) is 5.54 Å². The molecule has 1 aliphatic carbocycles. The van der Waals surface area contributed by atoms with Gasteiger partial charge < -0.3 is 16.0 Å². The Bertz CT molecular complexity index is 564. The molecule has 0 bridgehead atoms. The number of hydrogen-bond donors (Lipinski definition) is 2. The molecule has 126 valence electrons. The molecule has 1 heterocycles. The van der Waals surface area contributed by atoms with Crippen LogP contribution in [0.15, 0.2) is 24.3 Å². The van der Waals surface area contributed by atoms with E-state index in [0.717, 1.165) is 56.4 Å². The van der Waals surface area contributed by atoms with Gasteiger partial charge in [-0.05, 0) is 49.8 Å². The first-order chi connectivity index (χ1) is 10.6. The van der Waals surface area contributed by atoms with Crippen molar-refractivity contribution < 1.29 is 9.59 Å². The minimum absolute atomic E-state index is 0. The van der Waals surface area contributed by atoms with Gasteiger partial charge in [0.15, 0.2) is 0 Å². The largest absolute Gasteiger partial charge is 0.343 e. The van der Waals surface area contributed by atoms with Crippen LogP contribution in [-0.4, -0.2) is 35.3 Å². The van der Waals surface area contributed by atoms with Crippen LogP contribution in [0.1, 0.15) is 37.7 Å². The van der Waals surface area contributed by atoms with Gasteiger partial charge in [0, 0.05) is 25.2 Å². The van der Waals surface area contributed by atoms with Crippen LogP contribution in [-0.2, 0) is 16.0 Å². The van der Waals surface area contributed by atoms with Crippen molar-refractivity contribution in [3.05, 3.63) is 29.8 Å². The molecule has 0 unspecified atom stereocenters. The molecule has 2 fully saturated rings. The number of nitrogens with zero attached hydrogens (tertiary/aromatic N) is 1. The molecule has 0 aromatic heterocycles. The third-order valence-electron chi connectivity index (χ3n) is 4.54. The molecule has 1 aromatic carbocycles. The van der Waals surface area contributed by atoms with E-state index in [2.05, 4.69) is 5.32 Å². The maximum absolute atomic E-state index is 12.0. The number of carbonyl (C=O) groups is 2. The van der Waals surface area contributed by atoms with E-state index in [4.69, 9.17) is 5.73 Å². The van der Waals surface area contributed by atoms with E-state index in [1.807, 2.05) is 29.2 Å². The number of carbonyl (C=O) groups excluding carboxylic acids is 2. The zero-order valence-electron chi connectivity index (χ0n) is 13.2. The van der Waals surface area contributed by atoms with E-state index in [1.54, 1.807) is 0 Å². The van der Waals surface area contributed by atoms with Crippen LogP contribution in [0, 0.1) is 0 Å². The summed E-state index contributed by atoms with van der Waals surface area (Å²) < 4.78 is 0. The van der Waals surface area contributed by atoms with Gasteiger partial charge in [0.1, 0.15) is 0 Å². The van der Waals surface area contributed by atoms with Gasteiger partial charge in [-0.1, -0.05) is 12.1 Å². The monoisotopic (exact) mass is 337 g/mol. The van der Waals surface area contributed by atoms with Crippen molar-refractivity contribution in [2.75, 3.05) is 18.4 Å². The van der Waals surface area contributed by atoms with Crippen LogP contribution >= 0.6 is 12.4 Å². The summed E-state index contributed by atoms with van der Waals surface area (Å²) in [5, 5.41) is 2.84. The normalized spacial score (nSPS) is 18.2. The fourth-order valence-corrected chi connectivity index (χ4v) is 2.75. The highest BCUT2D eigenvalue weighted by molar-refractivity contribution is 6.00. The summed E-state index contributed by atoms with van der Waals surface area (Å²) >= 11 is 0. The molecule has 3 N–H and O–H groups in total. The Morgan fingerprint density at radius 2 is 1.74 bits per heavy atom. The Kier molecular flexibility index (Phi) is 5.65. The maximum Gasteiger partial charge on any atom is 0.244 e. The SMILES string of the molecule is Cl.NC1(C(=O)Nc2ccc(CCC(=O)N3CCCC3)cc2)CC1. The third-order valence-corrected chi connectivity index (χ3v) is 4.54. The van der Waals surface area contributed by atoms with E-state index in [1.165, 1.54) is 0 Å². The zero-order valence-corrected chi connectivity index (χ0v) is 14.0. The zero-order chi connectivity index (χ0) is 15.6. The molecule has 0 radical (unpaired) electrons. The Morgan fingerprint density at radius 3 is 2.30 bits per heavy atom. The first-order valence-corrected chi connectivity index (χ1v) is 8.04. The number of aryl methyl sites for hydroxylation is 1. The predicted molar refractivity (Wildman–Crippen MR) is 92.6 cm³/mol. The van der Waals surface area contributed by atoms with Gasteiger partial charge in [0.2, 0.25) is 11.8 Å². The minimum atomic E-state index is -0.652. The highest BCUT2D eigenvalue weighted by atomic mass is 35.5. The Balaban J connectivity index is 0.00000192. The van der Waals surface area contributed by atoms with E-state index < -0.39 is 5.54 Å². The Morgan fingerprint density at radius 1 is 1.13 bits per heavy atom. The molecule has 5 nitrogen and oxygen atoms in total.